The molecule has 1 aliphatic heterocycles. The van der Waals surface area contributed by atoms with Crippen LogP contribution in [-0.4, -0.2) is 40.0 Å². The summed E-state index contributed by atoms with van der Waals surface area (Å²) in [5.74, 6) is 0.675. The van der Waals surface area contributed by atoms with Gasteiger partial charge in [-0.2, -0.15) is 0 Å². The third-order valence-corrected chi connectivity index (χ3v) is 7.63. The Kier molecular flexibility index (Phi) is 6.47. The van der Waals surface area contributed by atoms with E-state index < -0.39 is 10.0 Å². The van der Waals surface area contributed by atoms with E-state index in [1.165, 1.54) is 0 Å². The van der Waals surface area contributed by atoms with Gasteiger partial charge in [0.2, 0.25) is 10.0 Å². The fraction of sp³-hybridized carbons (Fsp3) is 0.400. The van der Waals surface area contributed by atoms with E-state index in [2.05, 4.69) is 16.9 Å². The van der Waals surface area contributed by atoms with Crippen LogP contribution in [-0.2, 0) is 14.8 Å². The standard InChI is InChI=1S/C20H25NO4S2/c1-16-14-18(8-9-19(16)24-2)27(22,23)21-15-20(10-12-25-13-11-20)26-17-6-4-3-5-7-17/h3-9,14,21H,10-13,15H2,1-2H3. The number of aryl methyl sites for hydroxylation is 1. The van der Waals surface area contributed by atoms with Gasteiger partial charge < -0.3 is 9.47 Å². The van der Waals surface area contributed by atoms with Crippen molar-refractivity contribution in [3.05, 3.63) is 54.1 Å². The second-order valence-corrected chi connectivity index (χ2v) is 9.97. The van der Waals surface area contributed by atoms with Crippen molar-refractivity contribution in [2.75, 3.05) is 26.9 Å². The Labute approximate surface area is 165 Å². The SMILES string of the molecule is COc1ccc(S(=O)(=O)NCC2(Sc3ccccc3)CCOCC2)cc1C. The summed E-state index contributed by atoms with van der Waals surface area (Å²) < 4.78 is 39.0. The number of hydrogen-bond acceptors (Lipinski definition) is 5. The smallest absolute Gasteiger partial charge is 0.240 e. The monoisotopic (exact) mass is 407 g/mol. The van der Waals surface area contributed by atoms with Crippen LogP contribution in [0.15, 0.2) is 58.3 Å². The Bertz CT molecular complexity index is 863. The van der Waals surface area contributed by atoms with Crippen LogP contribution < -0.4 is 9.46 Å². The van der Waals surface area contributed by atoms with Crippen LogP contribution in [0.5, 0.6) is 5.75 Å². The summed E-state index contributed by atoms with van der Waals surface area (Å²) >= 11 is 1.73. The average Bonchev–Trinajstić information content (AvgIpc) is 2.68. The lowest BCUT2D eigenvalue weighted by atomic mass is 9.99. The highest BCUT2D eigenvalue weighted by molar-refractivity contribution is 8.00. The maximum Gasteiger partial charge on any atom is 0.240 e. The molecular weight excluding hydrogens is 382 g/mol. The summed E-state index contributed by atoms with van der Waals surface area (Å²) in [5, 5.41) is 0. The van der Waals surface area contributed by atoms with Crippen molar-refractivity contribution < 1.29 is 17.9 Å². The first-order valence-corrected chi connectivity index (χ1v) is 11.2. The first-order chi connectivity index (χ1) is 12.9. The van der Waals surface area contributed by atoms with Gasteiger partial charge >= 0.3 is 0 Å². The molecule has 146 valence electrons. The minimum absolute atomic E-state index is 0.214. The Morgan fingerprint density at radius 1 is 1.15 bits per heavy atom. The summed E-state index contributed by atoms with van der Waals surface area (Å²) in [6, 6.07) is 15.0. The molecule has 1 heterocycles. The van der Waals surface area contributed by atoms with Crippen LogP contribution in [0, 0.1) is 6.92 Å². The second-order valence-electron chi connectivity index (χ2n) is 6.67. The summed E-state index contributed by atoms with van der Waals surface area (Å²) in [5.41, 5.74) is 0.791. The molecule has 1 N–H and O–H groups in total. The molecular formula is C20H25NO4S2. The summed E-state index contributed by atoms with van der Waals surface area (Å²) in [4.78, 5) is 1.40. The lowest BCUT2D eigenvalue weighted by molar-refractivity contribution is 0.0784. The van der Waals surface area contributed by atoms with Gasteiger partial charge in [-0.25, -0.2) is 13.1 Å². The molecule has 7 heteroatoms. The number of hydrogen-bond donors (Lipinski definition) is 1. The third kappa shape index (κ3) is 5.04. The van der Waals surface area contributed by atoms with Crippen LogP contribution in [0.4, 0.5) is 0 Å². The highest BCUT2D eigenvalue weighted by Crippen LogP contribution is 2.40. The molecule has 1 fully saturated rings. The van der Waals surface area contributed by atoms with Gasteiger partial charge in [0.05, 0.1) is 12.0 Å². The lowest BCUT2D eigenvalue weighted by Crippen LogP contribution is -2.44. The molecule has 1 saturated heterocycles. The number of nitrogens with one attached hydrogen (secondary N) is 1. The second kappa shape index (κ2) is 8.65. The van der Waals surface area contributed by atoms with Crippen molar-refractivity contribution in [2.24, 2.45) is 0 Å². The zero-order chi connectivity index (χ0) is 19.3. The molecule has 2 aromatic carbocycles. The number of ether oxygens (including phenoxy) is 2. The molecule has 0 aromatic heterocycles. The Morgan fingerprint density at radius 3 is 2.48 bits per heavy atom. The number of rotatable bonds is 7. The summed E-state index contributed by atoms with van der Waals surface area (Å²) in [6.07, 6.45) is 1.60. The van der Waals surface area contributed by atoms with Crippen molar-refractivity contribution >= 4 is 21.8 Å². The largest absolute Gasteiger partial charge is 0.496 e. The molecule has 2 aromatic rings. The van der Waals surface area contributed by atoms with Crippen LogP contribution in [0.3, 0.4) is 0 Å². The van der Waals surface area contributed by atoms with Gasteiger partial charge in [0.25, 0.3) is 0 Å². The van der Waals surface area contributed by atoms with Gasteiger partial charge in [-0.1, -0.05) is 18.2 Å². The zero-order valence-corrected chi connectivity index (χ0v) is 17.2. The Hall–Kier alpha value is -1.54. The van der Waals surface area contributed by atoms with Crippen molar-refractivity contribution in [3.63, 3.8) is 0 Å². The molecule has 0 unspecified atom stereocenters. The van der Waals surface area contributed by atoms with E-state index in [0.29, 0.717) is 25.5 Å². The molecule has 0 saturated carbocycles. The van der Waals surface area contributed by atoms with Crippen LogP contribution >= 0.6 is 11.8 Å². The van der Waals surface area contributed by atoms with E-state index in [1.807, 2.05) is 25.1 Å². The van der Waals surface area contributed by atoms with Gasteiger partial charge in [0.1, 0.15) is 5.75 Å². The third-order valence-electron chi connectivity index (χ3n) is 4.74. The fourth-order valence-electron chi connectivity index (χ4n) is 3.12. The predicted molar refractivity (Wildman–Crippen MR) is 108 cm³/mol. The number of thioether (sulfide) groups is 1. The van der Waals surface area contributed by atoms with Crippen molar-refractivity contribution in [1.82, 2.24) is 4.72 Å². The van der Waals surface area contributed by atoms with Gasteiger partial charge in [0, 0.05) is 29.4 Å². The molecule has 1 aliphatic rings. The van der Waals surface area contributed by atoms with Gasteiger partial charge in [-0.15, -0.1) is 11.8 Å². The van der Waals surface area contributed by atoms with E-state index >= 15 is 0 Å². The summed E-state index contributed by atoms with van der Waals surface area (Å²) in [7, 11) is -2.02. The summed E-state index contributed by atoms with van der Waals surface area (Å²) in [6.45, 7) is 3.48. The number of benzene rings is 2. The maximum atomic E-state index is 12.8. The molecule has 0 bridgehead atoms. The molecule has 5 nitrogen and oxygen atoms in total. The van der Waals surface area contributed by atoms with Crippen LogP contribution in [0.1, 0.15) is 18.4 Å². The Balaban J connectivity index is 1.77. The van der Waals surface area contributed by atoms with Crippen molar-refractivity contribution in [1.29, 1.82) is 0 Å². The van der Waals surface area contributed by atoms with E-state index in [1.54, 1.807) is 37.1 Å². The van der Waals surface area contributed by atoms with Gasteiger partial charge in [-0.05, 0) is 55.7 Å². The van der Waals surface area contributed by atoms with E-state index in [4.69, 9.17) is 9.47 Å². The van der Waals surface area contributed by atoms with E-state index in [0.717, 1.165) is 23.3 Å². The molecule has 0 amide bonds. The zero-order valence-electron chi connectivity index (χ0n) is 15.6. The van der Waals surface area contributed by atoms with Crippen LogP contribution in [0.25, 0.3) is 0 Å². The van der Waals surface area contributed by atoms with E-state index in [-0.39, 0.29) is 9.64 Å². The van der Waals surface area contributed by atoms with Gasteiger partial charge in [0.15, 0.2) is 0 Å². The fourth-order valence-corrected chi connectivity index (χ4v) is 5.74. The number of sulfonamides is 1. The highest BCUT2D eigenvalue weighted by atomic mass is 32.2. The topological polar surface area (TPSA) is 64.6 Å². The predicted octanol–water partition coefficient (Wildman–Crippen LogP) is 3.62. The number of methoxy groups -OCH3 is 1. The first kappa shape index (κ1) is 20.2. The molecule has 0 spiro atoms. The van der Waals surface area contributed by atoms with Crippen molar-refractivity contribution in [2.45, 2.75) is 34.3 Å². The van der Waals surface area contributed by atoms with Crippen molar-refractivity contribution in [3.8, 4) is 5.75 Å². The Morgan fingerprint density at radius 2 is 1.85 bits per heavy atom. The van der Waals surface area contributed by atoms with E-state index in [9.17, 15) is 8.42 Å². The first-order valence-electron chi connectivity index (χ1n) is 8.90. The molecule has 0 aliphatic carbocycles. The van der Waals surface area contributed by atoms with Crippen LogP contribution in [0.2, 0.25) is 0 Å². The maximum absolute atomic E-state index is 12.8. The lowest BCUT2D eigenvalue weighted by Gasteiger charge is -2.36. The normalized spacial score (nSPS) is 16.8. The molecule has 27 heavy (non-hydrogen) atoms. The molecule has 3 rings (SSSR count). The quantitative estimate of drug-likeness (QED) is 0.759. The molecule has 0 radical (unpaired) electrons. The highest BCUT2D eigenvalue weighted by Gasteiger charge is 2.35. The average molecular weight is 408 g/mol. The minimum Gasteiger partial charge on any atom is -0.496 e. The van der Waals surface area contributed by atoms with Gasteiger partial charge in [-0.3, -0.25) is 0 Å². The molecule has 0 atom stereocenters. The minimum atomic E-state index is -3.60.